The minimum atomic E-state index is -0.0865. The third-order valence-corrected chi connectivity index (χ3v) is 7.24. The van der Waals surface area contributed by atoms with Gasteiger partial charge in [-0.1, -0.05) is 6.92 Å². The average molecular weight is 437 g/mol. The lowest BCUT2D eigenvalue weighted by Gasteiger charge is -2.30. The molecule has 2 fully saturated rings. The topological polar surface area (TPSA) is 94.4 Å². The Balaban J connectivity index is 1.26. The molecule has 10 heteroatoms. The Hall–Kier alpha value is -3.19. The average Bonchev–Trinajstić information content (AvgIpc) is 3.54. The number of nitrogens with one attached hydrogen (secondary N) is 2. The molecular weight excluding hydrogens is 412 g/mol. The number of aromatic nitrogens is 4. The highest BCUT2D eigenvalue weighted by Gasteiger charge is 2.44. The fourth-order valence-corrected chi connectivity index (χ4v) is 5.63. The van der Waals surface area contributed by atoms with E-state index >= 15 is 0 Å². The number of pyridine rings is 1. The lowest BCUT2D eigenvalue weighted by molar-refractivity contribution is 0.218. The molecule has 4 heterocycles. The molecule has 1 aliphatic heterocycles. The zero-order valence-corrected chi connectivity index (χ0v) is 18.3. The minimum absolute atomic E-state index is 0.0865. The fourth-order valence-electron chi connectivity index (χ4n) is 4.99. The Labute approximate surface area is 184 Å². The van der Waals surface area contributed by atoms with Crippen molar-refractivity contribution in [2.45, 2.75) is 32.2 Å². The molecule has 1 unspecified atom stereocenters. The van der Waals surface area contributed by atoms with Crippen LogP contribution in [0.15, 0.2) is 18.5 Å². The summed E-state index contributed by atoms with van der Waals surface area (Å²) >= 11 is 1.23. The molecule has 2 aliphatic rings. The van der Waals surface area contributed by atoms with E-state index < -0.39 is 0 Å². The van der Waals surface area contributed by atoms with Crippen LogP contribution in [0.25, 0.3) is 15.9 Å². The van der Waals surface area contributed by atoms with Gasteiger partial charge in [0.15, 0.2) is 0 Å². The summed E-state index contributed by atoms with van der Waals surface area (Å²) in [7, 11) is 2.08. The van der Waals surface area contributed by atoms with Gasteiger partial charge in [0.05, 0.1) is 12.3 Å². The summed E-state index contributed by atoms with van der Waals surface area (Å²) in [6.07, 6.45) is 6.29. The Morgan fingerprint density at radius 1 is 1.42 bits per heavy atom. The van der Waals surface area contributed by atoms with Crippen molar-refractivity contribution in [2.75, 3.05) is 30.4 Å². The quantitative estimate of drug-likeness (QED) is 0.605. The van der Waals surface area contributed by atoms with Gasteiger partial charge in [-0.2, -0.15) is 4.37 Å². The maximum atomic E-state index is 12.7. The number of carbonyl (C=O) groups excluding carboxylic acids is 1. The van der Waals surface area contributed by atoms with Crippen LogP contribution in [0.1, 0.15) is 25.6 Å². The lowest BCUT2D eigenvalue weighted by Crippen LogP contribution is -2.36. The summed E-state index contributed by atoms with van der Waals surface area (Å²) in [5, 5.41) is 4.45. The van der Waals surface area contributed by atoms with Gasteiger partial charge in [-0.3, -0.25) is 10.3 Å². The van der Waals surface area contributed by atoms with Crippen molar-refractivity contribution < 1.29 is 4.79 Å². The number of nitrogens with zero attached hydrogens (tertiary/aromatic N) is 6. The van der Waals surface area contributed by atoms with Crippen LogP contribution in [0.4, 0.5) is 21.3 Å². The van der Waals surface area contributed by atoms with Gasteiger partial charge in [0, 0.05) is 61.9 Å². The van der Waals surface area contributed by atoms with E-state index in [4.69, 9.17) is 6.57 Å². The Morgan fingerprint density at radius 3 is 2.87 bits per heavy atom. The Bertz CT molecular complexity index is 1150. The van der Waals surface area contributed by atoms with E-state index in [1.807, 2.05) is 24.1 Å². The van der Waals surface area contributed by atoms with Crippen LogP contribution in [0.3, 0.4) is 0 Å². The van der Waals surface area contributed by atoms with E-state index in [0.717, 1.165) is 54.9 Å². The van der Waals surface area contributed by atoms with Gasteiger partial charge < -0.3 is 14.8 Å². The second-order valence-electron chi connectivity index (χ2n) is 8.30. The number of aryl methyl sites for hydroxylation is 1. The first-order chi connectivity index (χ1) is 15.1. The highest BCUT2D eigenvalue weighted by molar-refractivity contribution is 7.09. The zero-order chi connectivity index (χ0) is 21.5. The molecule has 3 aromatic rings. The third kappa shape index (κ3) is 3.49. The van der Waals surface area contributed by atoms with Crippen LogP contribution < -0.4 is 10.2 Å². The molecule has 1 aliphatic carbocycles. The Kier molecular flexibility index (Phi) is 4.98. The van der Waals surface area contributed by atoms with Crippen molar-refractivity contribution >= 4 is 45.1 Å². The summed E-state index contributed by atoms with van der Waals surface area (Å²) in [4.78, 5) is 32.4. The van der Waals surface area contributed by atoms with Crippen molar-refractivity contribution in [3.05, 3.63) is 35.7 Å². The van der Waals surface area contributed by atoms with Gasteiger partial charge in [0.2, 0.25) is 10.8 Å². The smallest absolute Gasteiger partial charge is 0.323 e. The first kappa shape index (κ1) is 19.8. The SMILES string of the molecule is [C-]#[N+]c1cnc2[nH]ccc2c1N(C)C1C[C@@H]2CN(C(=O)Nc3nc(CC)ns3)C[C@@H]2C1. The largest absolute Gasteiger partial charge is 0.380 e. The second-order valence-corrected chi connectivity index (χ2v) is 9.06. The maximum absolute atomic E-state index is 12.7. The molecule has 3 atom stereocenters. The van der Waals surface area contributed by atoms with Crippen molar-refractivity contribution in [2.24, 2.45) is 11.8 Å². The number of urea groups is 1. The molecule has 160 valence electrons. The predicted octanol–water partition coefficient (Wildman–Crippen LogP) is 3.91. The first-order valence-corrected chi connectivity index (χ1v) is 11.3. The number of hydrogen-bond acceptors (Lipinski definition) is 6. The number of H-pyrrole nitrogens is 1. The molecule has 31 heavy (non-hydrogen) atoms. The van der Waals surface area contributed by atoms with Crippen LogP contribution in [0.5, 0.6) is 0 Å². The zero-order valence-electron chi connectivity index (χ0n) is 17.5. The van der Waals surface area contributed by atoms with Crippen LogP contribution in [-0.2, 0) is 6.42 Å². The molecule has 0 spiro atoms. The van der Waals surface area contributed by atoms with Gasteiger partial charge in [0.25, 0.3) is 0 Å². The van der Waals surface area contributed by atoms with Gasteiger partial charge in [-0.15, -0.1) is 0 Å². The van der Waals surface area contributed by atoms with Crippen LogP contribution in [0, 0.1) is 18.4 Å². The van der Waals surface area contributed by atoms with Gasteiger partial charge in [-0.25, -0.2) is 14.6 Å². The lowest BCUT2D eigenvalue weighted by atomic mass is 10.0. The molecule has 1 saturated heterocycles. The molecule has 5 rings (SSSR count). The monoisotopic (exact) mass is 436 g/mol. The first-order valence-electron chi connectivity index (χ1n) is 10.5. The second kappa shape index (κ2) is 7.81. The number of carbonyl (C=O) groups is 1. The summed E-state index contributed by atoms with van der Waals surface area (Å²) in [5.41, 5.74) is 2.33. The van der Waals surface area contributed by atoms with Gasteiger partial charge in [-0.05, 0) is 30.7 Å². The third-order valence-electron chi connectivity index (χ3n) is 6.57. The molecule has 2 N–H and O–H groups in total. The number of fused-ring (bicyclic) bond motifs is 2. The fraction of sp³-hybridized carbons (Fsp3) is 0.476. The predicted molar refractivity (Wildman–Crippen MR) is 121 cm³/mol. The summed E-state index contributed by atoms with van der Waals surface area (Å²) in [6, 6.07) is 2.25. The van der Waals surface area contributed by atoms with Crippen molar-refractivity contribution in [1.29, 1.82) is 0 Å². The number of amides is 2. The van der Waals surface area contributed by atoms with Gasteiger partial charge in [0.1, 0.15) is 11.5 Å². The highest BCUT2D eigenvalue weighted by Crippen LogP contribution is 2.44. The summed E-state index contributed by atoms with van der Waals surface area (Å²) in [6.45, 7) is 11.1. The van der Waals surface area contributed by atoms with E-state index in [1.165, 1.54) is 11.5 Å². The van der Waals surface area contributed by atoms with Crippen molar-refractivity contribution in [1.82, 2.24) is 24.2 Å². The molecular formula is C21H24N8OS. The van der Waals surface area contributed by atoms with E-state index in [9.17, 15) is 4.79 Å². The van der Waals surface area contributed by atoms with E-state index in [1.54, 1.807) is 6.20 Å². The molecule has 0 radical (unpaired) electrons. The minimum Gasteiger partial charge on any atom is -0.380 e. The molecule has 9 nitrogen and oxygen atoms in total. The highest BCUT2D eigenvalue weighted by atomic mass is 32.1. The standard InChI is InChI=1S/C21H24N8OS/c1-4-17-25-20(31-27-17)26-21(30)29-10-12-7-14(8-13(12)11-29)28(3)18-15-5-6-23-19(15)24-9-16(18)22-2/h5-6,9,12-14H,4,7-8,10-11H2,1,3H3,(H,23,24)(H,25,26,27,30)/t12-,13+,14?. The molecule has 0 bridgehead atoms. The number of hydrogen-bond donors (Lipinski definition) is 2. The van der Waals surface area contributed by atoms with E-state index in [-0.39, 0.29) is 6.03 Å². The van der Waals surface area contributed by atoms with Crippen LogP contribution in [0.2, 0.25) is 0 Å². The van der Waals surface area contributed by atoms with Crippen molar-refractivity contribution in [3.63, 3.8) is 0 Å². The Morgan fingerprint density at radius 2 is 2.19 bits per heavy atom. The van der Waals surface area contributed by atoms with Crippen molar-refractivity contribution in [3.8, 4) is 0 Å². The number of likely N-dealkylation sites (tertiary alicyclic amines) is 1. The number of aromatic amines is 1. The number of rotatable bonds is 4. The molecule has 1 saturated carbocycles. The maximum Gasteiger partial charge on any atom is 0.323 e. The summed E-state index contributed by atoms with van der Waals surface area (Å²) < 4.78 is 4.23. The van der Waals surface area contributed by atoms with Gasteiger partial charge >= 0.3 is 6.03 Å². The van der Waals surface area contributed by atoms with E-state index in [0.29, 0.717) is 28.7 Å². The molecule has 3 aromatic heterocycles. The van der Waals surface area contributed by atoms with E-state index in [2.05, 4.69) is 41.4 Å². The van der Waals surface area contributed by atoms with Crippen LogP contribution >= 0.6 is 11.5 Å². The molecule has 0 aromatic carbocycles. The summed E-state index contributed by atoms with van der Waals surface area (Å²) in [5.74, 6) is 1.70. The number of anilines is 2. The normalized spacial score (nSPS) is 22.5. The van der Waals surface area contributed by atoms with Crippen LogP contribution in [-0.4, -0.2) is 56.4 Å². The molecule has 2 amide bonds.